The highest BCUT2D eigenvalue weighted by atomic mass is 19.1. The van der Waals surface area contributed by atoms with Gasteiger partial charge in [0.1, 0.15) is 6.61 Å². The second-order valence-electron chi connectivity index (χ2n) is 4.23. The summed E-state index contributed by atoms with van der Waals surface area (Å²) in [7, 11) is 0. The monoisotopic (exact) mass is 269 g/mol. The lowest BCUT2D eigenvalue weighted by molar-refractivity contribution is -0.132. The number of rotatable bonds is 4. The van der Waals surface area contributed by atoms with Crippen LogP contribution in [0.2, 0.25) is 0 Å². The molecule has 0 radical (unpaired) electrons. The molecule has 5 nitrogen and oxygen atoms in total. The third-order valence-electron chi connectivity index (χ3n) is 2.03. The van der Waals surface area contributed by atoms with Crippen molar-refractivity contribution in [2.75, 3.05) is 0 Å². The Labute approximate surface area is 110 Å². The van der Waals surface area contributed by atoms with Crippen LogP contribution >= 0.6 is 0 Å². The summed E-state index contributed by atoms with van der Waals surface area (Å²) >= 11 is 0. The number of carbonyl (C=O) groups is 2. The predicted molar refractivity (Wildman–Crippen MR) is 66.2 cm³/mol. The number of esters is 1. The molecule has 6 heteroatoms. The smallest absolute Gasteiger partial charge is 0.407 e. The van der Waals surface area contributed by atoms with Crippen LogP contribution in [-0.2, 0) is 16.1 Å². The first kappa shape index (κ1) is 14.9. The van der Waals surface area contributed by atoms with Gasteiger partial charge in [0.25, 0.3) is 0 Å². The second kappa shape index (κ2) is 6.72. The van der Waals surface area contributed by atoms with Crippen molar-refractivity contribution in [2.45, 2.75) is 33.4 Å². The first-order valence-electron chi connectivity index (χ1n) is 5.78. The van der Waals surface area contributed by atoms with Crippen LogP contribution in [0.1, 0.15) is 26.3 Å². The Morgan fingerprint density at radius 2 is 2.05 bits per heavy atom. The van der Waals surface area contributed by atoms with E-state index in [-0.39, 0.29) is 18.4 Å². The largest absolute Gasteiger partial charge is 0.445 e. The SMILES string of the molecule is CC(=O)Oc1ccc(COC(=O)NC(C)C)cc1F. The lowest BCUT2D eigenvalue weighted by atomic mass is 10.2. The van der Waals surface area contributed by atoms with Gasteiger partial charge in [0, 0.05) is 13.0 Å². The van der Waals surface area contributed by atoms with Crippen molar-refractivity contribution in [3.05, 3.63) is 29.6 Å². The first-order chi connectivity index (χ1) is 8.88. The van der Waals surface area contributed by atoms with Gasteiger partial charge in [-0.05, 0) is 31.5 Å². The van der Waals surface area contributed by atoms with Gasteiger partial charge in [-0.15, -0.1) is 0 Å². The molecule has 0 aliphatic rings. The molecule has 0 saturated heterocycles. The summed E-state index contributed by atoms with van der Waals surface area (Å²) in [5.74, 6) is -1.43. The van der Waals surface area contributed by atoms with E-state index in [1.807, 2.05) is 0 Å². The molecule has 1 aromatic carbocycles. The van der Waals surface area contributed by atoms with Gasteiger partial charge in [-0.1, -0.05) is 6.07 Å². The summed E-state index contributed by atoms with van der Waals surface area (Å²) in [6.07, 6.45) is -0.570. The van der Waals surface area contributed by atoms with E-state index in [1.165, 1.54) is 19.1 Å². The summed E-state index contributed by atoms with van der Waals surface area (Å²) in [4.78, 5) is 21.9. The third kappa shape index (κ3) is 5.37. The summed E-state index contributed by atoms with van der Waals surface area (Å²) in [6.45, 7) is 4.73. The number of hydrogen-bond donors (Lipinski definition) is 1. The minimum atomic E-state index is -0.680. The Hall–Kier alpha value is -2.11. The molecule has 0 bridgehead atoms. The molecule has 0 aromatic heterocycles. The van der Waals surface area contributed by atoms with Crippen LogP contribution < -0.4 is 10.1 Å². The van der Waals surface area contributed by atoms with Gasteiger partial charge in [-0.2, -0.15) is 0 Å². The molecule has 0 aliphatic carbocycles. The Kier molecular flexibility index (Phi) is 5.29. The number of halogens is 1. The van der Waals surface area contributed by atoms with Crippen molar-refractivity contribution < 1.29 is 23.5 Å². The highest BCUT2D eigenvalue weighted by molar-refractivity contribution is 5.69. The highest BCUT2D eigenvalue weighted by Crippen LogP contribution is 2.19. The Balaban J connectivity index is 2.58. The van der Waals surface area contributed by atoms with E-state index in [4.69, 9.17) is 4.74 Å². The van der Waals surface area contributed by atoms with Gasteiger partial charge in [-0.25, -0.2) is 9.18 Å². The van der Waals surface area contributed by atoms with Crippen LogP contribution in [0.15, 0.2) is 18.2 Å². The minimum absolute atomic E-state index is 0.0319. The second-order valence-corrected chi connectivity index (χ2v) is 4.23. The molecule has 104 valence electrons. The average molecular weight is 269 g/mol. The zero-order valence-electron chi connectivity index (χ0n) is 11.0. The summed E-state index contributed by atoms with van der Waals surface area (Å²) in [5.41, 5.74) is 0.465. The Bertz CT molecular complexity index is 474. The zero-order valence-corrected chi connectivity index (χ0v) is 11.0. The average Bonchev–Trinajstić information content (AvgIpc) is 2.28. The van der Waals surface area contributed by atoms with E-state index >= 15 is 0 Å². The van der Waals surface area contributed by atoms with E-state index < -0.39 is 17.9 Å². The molecule has 0 spiro atoms. The Morgan fingerprint density at radius 3 is 2.58 bits per heavy atom. The maximum atomic E-state index is 13.5. The third-order valence-corrected chi connectivity index (χ3v) is 2.03. The summed E-state index contributed by atoms with van der Waals surface area (Å²) < 4.78 is 23.0. The number of benzene rings is 1. The molecule has 0 saturated carbocycles. The predicted octanol–water partition coefficient (Wildman–Crippen LogP) is 2.39. The van der Waals surface area contributed by atoms with Crippen molar-refractivity contribution in [1.29, 1.82) is 0 Å². The molecule has 0 fully saturated rings. The van der Waals surface area contributed by atoms with Gasteiger partial charge in [0.05, 0.1) is 0 Å². The van der Waals surface area contributed by atoms with Crippen molar-refractivity contribution in [1.82, 2.24) is 5.32 Å². The molecule has 0 heterocycles. The van der Waals surface area contributed by atoms with E-state index in [0.717, 1.165) is 6.07 Å². The van der Waals surface area contributed by atoms with Crippen molar-refractivity contribution in [3.63, 3.8) is 0 Å². The van der Waals surface area contributed by atoms with Crippen LogP contribution in [-0.4, -0.2) is 18.1 Å². The number of hydrogen-bond acceptors (Lipinski definition) is 4. The molecule has 0 atom stereocenters. The standard InChI is InChI=1S/C13H16FNO4/c1-8(2)15-13(17)18-7-10-4-5-12(11(14)6-10)19-9(3)16/h4-6,8H,7H2,1-3H3,(H,15,17). The fraction of sp³-hybridized carbons (Fsp3) is 0.385. The van der Waals surface area contributed by atoms with Crippen LogP contribution in [0.3, 0.4) is 0 Å². The fourth-order valence-corrected chi connectivity index (χ4v) is 1.30. The zero-order chi connectivity index (χ0) is 14.4. The molecular weight excluding hydrogens is 253 g/mol. The first-order valence-corrected chi connectivity index (χ1v) is 5.78. The quantitative estimate of drug-likeness (QED) is 0.673. The number of alkyl carbamates (subject to hydrolysis) is 1. The lowest BCUT2D eigenvalue weighted by Gasteiger charge is -2.10. The number of ether oxygens (including phenoxy) is 2. The van der Waals surface area contributed by atoms with Crippen LogP contribution in [0.5, 0.6) is 5.75 Å². The van der Waals surface area contributed by atoms with Gasteiger partial charge in [-0.3, -0.25) is 4.79 Å². The van der Waals surface area contributed by atoms with Gasteiger partial charge in [0.2, 0.25) is 0 Å². The van der Waals surface area contributed by atoms with Crippen molar-refractivity contribution in [2.24, 2.45) is 0 Å². The van der Waals surface area contributed by atoms with Crippen LogP contribution in [0, 0.1) is 5.82 Å². The molecular formula is C13H16FNO4. The Morgan fingerprint density at radius 1 is 1.37 bits per heavy atom. The van der Waals surface area contributed by atoms with E-state index in [0.29, 0.717) is 5.56 Å². The topological polar surface area (TPSA) is 64.6 Å². The normalized spacial score (nSPS) is 10.2. The molecule has 1 N–H and O–H groups in total. The van der Waals surface area contributed by atoms with Crippen molar-refractivity contribution in [3.8, 4) is 5.75 Å². The molecule has 19 heavy (non-hydrogen) atoms. The summed E-state index contributed by atoms with van der Waals surface area (Å²) in [6, 6.07) is 3.95. The summed E-state index contributed by atoms with van der Waals surface area (Å²) in [5, 5.41) is 2.54. The van der Waals surface area contributed by atoms with Crippen molar-refractivity contribution >= 4 is 12.1 Å². The van der Waals surface area contributed by atoms with E-state index in [9.17, 15) is 14.0 Å². The number of carbonyl (C=O) groups excluding carboxylic acids is 2. The van der Waals surface area contributed by atoms with Gasteiger partial charge in [0.15, 0.2) is 11.6 Å². The molecule has 1 aromatic rings. The van der Waals surface area contributed by atoms with Gasteiger partial charge >= 0.3 is 12.1 Å². The number of amides is 1. The molecule has 1 amide bonds. The van der Waals surface area contributed by atoms with E-state index in [2.05, 4.69) is 10.1 Å². The molecule has 0 aliphatic heterocycles. The maximum Gasteiger partial charge on any atom is 0.407 e. The van der Waals surface area contributed by atoms with E-state index in [1.54, 1.807) is 13.8 Å². The van der Waals surface area contributed by atoms with Gasteiger partial charge < -0.3 is 14.8 Å². The van der Waals surface area contributed by atoms with Crippen LogP contribution in [0.25, 0.3) is 0 Å². The number of nitrogens with one attached hydrogen (secondary N) is 1. The fourth-order valence-electron chi connectivity index (χ4n) is 1.30. The highest BCUT2D eigenvalue weighted by Gasteiger charge is 2.09. The molecule has 1 rings (SSSR count). The lowest BCUT2D eigenvalue weighted by Crippen LogP contribution is -2.30. The maximum absolute atomic E-state index is 13.5. The minimum Gasteiger partial charge on any atom is -0.445 e. The molecule has 0 unspecified atom stereocenters. The van der Waals surface area contributed by atoms with Crippen LogP contribution in [0.4, 0.5) is 9.18 Å².